The molecule has 3 atom stereocenters. The van der Waals surface area contributed by atoms with Gasteiger partial charge in [0.05, 0.1) is 0 Å². The third-order valence-electron chi connectivity index (χ3n) is 5.29. The Balaban J connectivity index is 1.56. The van der Waals surface area contributed by atoms with Gasteiger partial charge >= 0.3 is 0 Å². The molecule has 2 aliphatic rings. The summed E-state index contributed by atoms with van der Waals surface area (Å²) in [6.45, 7) is 9.76. The summed E-state index contributed by atoms with van der Waals surface area (Å²) in [5, 5.41) is 3.51. The molecule has 0 bridgehead atoms. The van der Waals surface area contributed by atoms with Crippen molar-refractivity contribution in [3.8, 4) is 0 Å². The first-order valence-corrected chi connectivity index (χ1v) is 8.75. The van der Waals surface area contributed by atoms with Crippen LogP contribution in [0.2, 0.25) is 0 Å². The van der Waals surface area contributed by atoms with Crippen LogP contribution in [-0.2, 0) is 0 Å². The van der Waals surface area contributed by atoms with E-state index >= 15 is 0 Å². The minimum atomic E-state index is 0.703. The lowest BCUT2D eigenvalue weighted by atomic mass is 9.75. The molecule has 0 amide bonds. The fourth-order valence-electron chi connectivity index (χ4n) is 4.12. The first-order valence-electron chi connectivity index (χ1n) is 8.75. The van der Waals surface area contributed by atoms with Crippen molar-refractivity contribution >= 4 is 0 Å². The molecule has 1 aliphatic heterocycles. The Morgan fingerprint density at radius 1 is 1.11 bits per heavy atom. The Bertz CT molecular complexity index is 241. The van der Waals surface area contributed by atoms with Gasteiger partial charge in [0.15, 0.2) is 0 Å². The highest BCUT2D eigenvalue weighted by Crippen LogP contribution is 2.35. The maximum atomic E-state index is 3.51. The van der Waals surface area contributed by atoms with Crippen molar-refractivity contribution in [1.29, 1.82) is 0 Å². The summed E-state index contributed by atoms with van der Waals surface area (Å²) < 4.78 is 0. The zero-order chi connectivity index (χ0) is 13.5. The lowest BCUT2D eigenvalue weighted by Crippen LogP contribution is -2.42. The zero-order valence-corrected chi connectivity index (χ0v) is 13.2. The highest BCUT2D eigenvalue weighted by atomic mass is 15.1. The third kappa shape index (κ3) is 5.07. The van der Waals surface area contributed by atoms with E-state index in [1.807, 2.05) is 0 Å². The number of likely N-dealkylation sites (tertiary alicyclic amines) is 1. The largest absolute Gasteiger partial charge is 0.315 e. The van der Waals surface area contributed by atoms with Crippen LogP contribution in [0.25, 0.3) is 0 Å². The van der Waals surface area contributed by atoms with Crippen LogP contribution in [0, 0.1) is 11.8 Å². The first-order chi connectivity index (χ1) is 9.29. The van der Waals surface area contributed by atoms with Crippen molar-refractivity contribution in [2.24, 2.45) is 11.8 Å². The molecule has 2 nitrogen and oxygen atoms in total. The van der Waals surface area contributed by atoms with E-state index in [0.717, 1.165) is 18.4 Å². The van der Waals surface area contributed by atoms with Crippen molar-refractivity contribution in [1.82, 2.24) is 10.2 Å². The molecule has 3 unspecified atom stereocenters. The molecular formula is C17H34N2. The molecule has 0 aromatic rings. The highest BCUT2D eigenvalue weighted by Gasteiger charge is 2.30. The summed E-state index contributed by atoms with van der Waals surface area (Å²) in [7, 11) is 0. The number of piperidine rings is 1. The second kappa shape index (κ2) is 8.26. The molecule has 0 aromatic carbocycles. The summed E-state index contributed by atoms with van der Waals surface area (Å²) in [6, 6.07) is 0.703. The van der Waals surface area contributed by atoms with E-state index in [-0.39, 0.29) is 0 Å². The molecular weight excluding hydrogens is 232 g/mol. The maximum Gasteiger partial charge on any atom is 0.00386 e. The molecule has 0 aromatic heterocycles. The van der Waals surface area contributed by atoms with Crippen LogP contribution in [0.4, 0.5) is 0 Å². The van der Waals surface area contributed by atoms with Gasteiger partial charge in [0.25, 0.3) is 0 Å². The van der Waals surface area contributed by atoms with Crippen molar-refractivity contribution in [2.45, 2.75) is 71.3 Å². The minimum absolute atomic E-state index is 0.703. The highest BCUT2D eigenvalue weighted by molar-refractivity contribution is 4.83. The Labute approximate surface area is 120 Å². The van der Waals surface area contributed by atoms with Gasteiger partial charge in [-0.05, 0) is 64.1 Å². The second-order valence-corrected chi connectivity index (χ2v) is 6.85. The number of fused-ring (bicyclic) bond motifs is 1. The van der Waals surface area contributed by atoms with E-state index in [1.165, 1.54) is 71.0 Å². The van der Waals surface area contributed by atoms with Gasteiger partial charge in [-0.3, -0.25) is 0 Å². The molecule has 1 saturated heterocycles. The van der Waals surface area contributed by atoms with Gasteiger partial charge in [-0.2, -0.15) is 0 Å². The Kier molecular flexibility index (Phi) is 6.66. The topological polar surface area (TPSA) is 15.3 Å². The van der Waals surface area contributed by atoms with Crippen LogP contribution in [0.15, 0.2) is 0 Å². The second-order valence-electron chi connectivity index (χ2n) is 6.85. The van der Waals surface area contributed by atoms with E-state index in [0.29, 0.717) is 6.04 Å². The Morgan fingerprint density at radius 3 is 2.68 bits per heavy atom. The summed E-state index contributed by atoms with van der Waals surface area (Å²) in [5.74, 6) is 2.13. The standard InChI is InChI=1S/C17H34N2/c1-3-18-15(2)8-6-7-12-19-13-11-16-9-4-5-10-17(16)14-19/h15-18H,3-14H2,1-2H3. The minimum Gasteiger partial charge on any atom is -0.315 e. The number of rotatable bonds is 7. The fourth-order valence-corrected chi connectivity index (χ4v) is 4.12. The number of nitrogens with zero attached hydrogens (tertiary/aromatic N) is 1. The maximum absolute atomic E-state index is 3.51. The predicted octanol–water partition coefficient (Wildman–Crippen LogP) is 3.67. The van der Waals surface area contributed by atoms with Gasteiger partial charge in [-0.15, -0.1) is 0 Å². The van der Waals surface area contributed by atoms with Gasteiger partial charge in [0, 0.05) is 12.6 Å². The average molecular weight is 266 g/mol. The fraction of sp³-hybridized carbons (Fsp3) is 1.00. The monoisotopic (exact) mass is 266 g/mol. The third-order valence-corrected chi connectivity index (χ3v) is 5.29. The Morgan fingerprint density at radius 2 is 1.89 bits per heavy atom. The van der Waals surface area contributed by atoms with Crippen molar-refractivity contribution in [3.63, 3.8) is 0 Å². The molecule has 2 heteroatoms. The smallest absolute Gasteiger partial charge is 0.00386 e. The van der Waals surface area contributed by atoms with Crippen molar-refractivity contribution in [3.05, 3.63) is 0 Å². The number of hydrogen-bond acceptors (Lipinski definition) is 2. The zero-order valence-electron chi connectivity index (χ0n) is 13.2. The van der Waals surface area contributed by atoms with Crippen LogP contribution in [0.3, 0.4) is 0 Å². The molecule has 1 aliphatic carbocycles. The van der Waals surface area contributed by atoms with Crippen LogP contribution in [0.1, 0.15) is 65.2 Å². The SMILES string of the molecule is CCNC(C)CCCCN1CCC2CCCCC2C1. The molecule has 0 radical (unpaired) electrons. The van der Waals surface area contributed by atoms with Gasteiger partial charge < -0.3 is 10.2 Å². The van der Waals surface area contributed by atoms with Crippen LogP contribution in [-0.4, -0.2) is 37.1 Å². The van der Waals surface area contributed by atoms with Gasteiger partial charge in [0.1, 0.15) is 0 Å². The number of nitrogens with one attached hydrogen (secondary N) is 1. The summed E-state index contributed by atoms with van der Waals surface area (Å²) >= 11 is 0. The molecule has 0 spiro atoms. The predicted molar refractivity (Wildman–Crippen MR) is 83.5 cm³/mol. The quantitative estimate of drug-likeness (QED) is 0.707. The van der Waals surface area contributed by atoms with Crippen molar-refractivity contribution < 1.29 is 0 Å². The normalized spacial score (nSPS) is 30.0. The number of hydrogen-bond donors (Lipinski definition) is 1. The summed E-state index contributed by atoms with van der Waals surface area (Å²) in [4.78, 5) is 2.75. The lowest BCUT2D eigenvalue weighted by Gasteiger charge is -2.41. The molecule has 19 heavy (non-hydrogen) atoms. The average Bonchev–Trinajstić information content (AvgIpc) is 2.44. The van der Waals surface area contributed by atoms with E-state index < -0.39 is 0 Å². The molecule has 1 N–H and O–H groups in total. The van der Waals surface area contributed by atoms with Gasteiger partial charge in [-0.25, -0.2) is 0 Å². The van der Waals surface area contributed by atoms with Gasteiger partial charge in [0.2, 0.25) is 0 Å². The van der Waals surface area contributed by atoms with E-state index in [4.69, 9.17) is 0 Å². The molecule has 1 heterocycles. The molecule has 2 rings (SSSR count). The summed E-state index contributed by atoms with van der Waals surface area (Å²) in [6.07, 6.45) is 11.6. The van der Waals surface area contributed by atoms with E-state index in [1.54, 1.807) is 0 Å². The van der Waals surface area contributed by atoms with Crippen LogP contribution >= 0.6 is 0 Å². The molecule has 1 saturated carbocycles. The summed E-state index contributed by atoms with van der Waals surface area (Å²) in [5.41, 5.74) is 0. The molecule has 112 valence electrons. The Hall–Kier alpha value is -0.0800. The van der Waals surface area contributed by atoms with E-state index in [2.05, 4.69) is 24.1 Å². The van der Waals surface area contributed by atoms with Crippen LogP contribution < -0.4 is 5.32 Å². The number of unbranched alkanes of at least 4 members (excludes halogenated alkanes) is 1. The molecule has 2 fully saturated rings. The van der Waals surface area contributed by atoms with Crippen molar-refractivity contribution in [2.75, 3.05) is 26.2 Å². The van der Waals surface area contributed by atoms with Crippen LogP contribution in [0.5, 0.6) is 0 Å². The lowest BCUT2D eigenvalue weighted by molar-refractivity contribution is 0.0855. The first kappa shape index (κ1) is 15.3. The van der Waals surface area contributed by atoms with E-state index in [9.17, 15) is 0 Å². The van der Waals surface area contributed by atoms with Gasteiger partial charge in [-0.1, -0.05) is 32.6 Å².